The Morgan fingerprint density at radius 2 is 1.76 bits per heavy atom. The predicted molar refractivity (Wildman–Crippen MR) is 150 cm³/mol. The number of amides is 1. The number of carbonyl (C=O) groups is 1. The first-order valence-electron chi connectivity index (χ1n) is 12.8. The van der Waals surface area contributed by atoms with Crippen LogP contribution in [0.5, 0.6) is 0 Å². The summed E-state index contributed by atoms with van der Waals surface area (Å²) in [5.74, 6) is -0.0683. The maximum absolute atomic E-state index is 12.5. The first kappa shape index (κ1) is 24.1. The molecule has 5 aromatic rings. The summed E-state index contributed by atoms with van der Waals surface area (Å²) < 4.78 is 0. The Morgan fingerprint density at radius 1 is 0.974 bits per heavy atom. The van der Waals surface area contributed by atoms with E-state index in [0.29, 0.717) is 5.69 Å². The predicted octanol–water partition coefficient (Wildman–Crippen LogP) is 4.30. The summed E-state index contributed by atoms with van der Waals surface area (Å²) in [6.07, 6.45) is 7.20. The van der Waals surface area contributed by atoms with Gasteiger partial charge in [-0.1, -0.05) is 20.8 Å². The minimum Gasteiger partial charge on any atom is -0.367 e. The van der Waals surface area contributed by atoms with Gasteiger partial charge in [0.25, 0.3) is 0 Å². The van der Waals surface area contributed by atoms with Crippen LogP contribution in [0.2, 0.25) is 0 Å². The summed E-state index contributed by atoms with van der Waals surface area (Å²) >= 11 is 0. The van der Waals surface area contributed by atoms with E-state index in [1.165, 1.54) is 0 Å². The smallest absolute Gasteiger partial charge is 0.229 e. The average molecular weight is 510 g/mol. The van der Waals surface area contributed by atoms with Gasteiger partial charge in [0.15, 0.2) is 0 Å². The lowest BCUT2D eigenvalue weighted by Gasteiger charge is -2.34. The molecule has 194 valence electrons. The molecule has 10 heteroatoms. The van der Waals surface area contributed by atoms with Crippen LogP contribution in [0.15, 0.2) is 49.1 Å². The van der Waals surface area contributed by atoms with E-state index in [1.807, 2.05) is 51.4 Å². The molecule has 0 spiro atoms. The van der Waals surface area contributed by atoms with Crippen molar-refractivity contribution in [1.29, 1.82) is 0 Å². The lowest BCUT2D eigenvalue weighted by Crippen LogP contribution is -2.44. The third-order valence-corrected chi connectivity index (χ3v) is 7.00. The summed E-state index contributed by atoms with van der Waals surface area (Å²) in [5.41, 5.74) is 7.00. The van der Waals surface area contributed by atoms with Gasteiger partial charge in [0.2, 0.25) is 5.91 Å². The van der Waals surface area contributed by atoms with E-state index in [2.05, 4.69) is 53.4 Å². The topological polar surface area (TPSA) is 119 Å². The molecule has 1 aliphatic rings. The number of H-pyrrole nitrogens is 2. The SMILES string of the molecule is CN1CCN(c2cncc3[nH]c(-c4n[nH]c5ccc(-c6cncc(NC(=O)C(C)(C)C)c6)nc45)cc23)CC1. The van der Waals surface area contributed by atoms with Crippen molar-refractivity contribution in [2.75, 3.05) is 43.4 Å². The van der Waals surface area contributed by atoms with Crippen LogP contribution in [0.4, 0.5) is 11.4 Å². The summed E-state index contributed by atoms with van der Waals surface area (Å²) in [6.45, 7) is 9.63. The summed E-state index contributed by atoms with van der Waals surface area (Å²) in [4.78, 5) is 34.5. The van der Waals surface area contributed by atoms with Crippen molar-refractivity contribution in [3.05, 3.63) is 49.1 Å². The fraction of sp³-hybridized carbons (Fsp3) is 0.321. The van der Waals surface area contributed by atoms with Crippen LogP contribution in [0.1, 0.15) is 20.8 Å². The number of aromatic nitrogens is 6. The third kappa shape index (κ3) is 4.47. The van der Waals surface area contributed by atoms with Crippen molar-refractivity contribution in [1.82, 2.24) is 35.0 Å². The molecule has 1 saturated heterocycles. The zero-order chi connectivity index (χ0) is 26.4. The summed E-state index contributed by atoms with van der Waals surface area (Å²) in [7, 11) is 2.16. The van der Waals surface area contributed by atoms with Crippen LogP contribution in [-0.2, 0) is 4.79 Å². The van der Waals surface area contributed by atoms with E-state index in [1.54, 1.807) is 12.4 Å². The van der Waals surface area contributed by atoms with Gasteiger partial charge >= 0.3 is 0 Å². The molecule has 1 aliphatic heterocycles. The number of pyridine rings is 3. The van der Waals surface area contributed by atoms with E-state index in [-0.39, 0.29) is 5.91 Å². The van der Waals surface area contributed by atoms with Gasteiger partial charge in [0.05, 0.1) is 52.4 Å². The van der Waals surface area contributed by atoms with Gasteiger partial charge < -0.3 is 20.1 Å². The van der Waals surface area contributed by atoms with Crippen LogP contribution in [0.25, 0.3) is 44.6 Å². The molecule has 38 heavy (non-hydrogen) atoms. The van der Waals surface area contributed by atoms with E-state index in [4.69, 9.17) is 4.98 Å². The van der Waals surface area contributed by atoms with Crippen molar-refractivity contribution in [2.45, 2.75) is 20.8 Å². The monoisotopic (exact) mass is 509 g/mol. The van der Waals surface area contributed by atoms with Crippen molar-refractivity contribution < 1.29 is 4.79 Å². The number of carbonyl (C=O) groups excluding carboxylic acids is 1. The van der Waals surface area contributed by atoms with Gasteiger partial charge in [0, 0.05) is 48.7 Å². The molecule has 0 saturated carbocycles. The molecule has 0 aromatic carbocycles. The molecule has 6 rings (SSSR count). The molecule has 0 aliphatic carbocycles. The maximum Gasteiger partial charge on any atom is 0.229 e. The fourth-order valence-corrected chi connectivity index (χ4v) is 4.68. The second-order valence-electron chi connectivity index (χ2n) is 10.9. The molecular formula is C28H31N9O. The number of nitrogens with one attached hydrogen (secondary N) is 3. The Balaban J connectivity index is 1.35. The van der Waals surface area contributed by atoms with E-state index >= 15 is 0 Å². The van der Waals surface area contributed by atoms with E-state index in [0.717, 1.165) is 76.4 Å². The highest BCUT2D eigenvalue weighted by atomic mass is 16.2. The van der Waals surface area contributed by atoms with Crippen LogP contribution in [0.3, 0.4) is 0 Å². The standard InChI is InChI=1S/C28H31N9O/c1-28(2,3)27(38)31-18-11-17(13-29-14-18)20-5-6-21-25(33-20)26(35-34-21)22-12-19-23(32-22)15-30-16-24(19)37-9-7-36(4)8-10-37/h5-6,11-16,32H,7-10H2,1-4H3,(H,31,38)(H,34,35). The number of piperazine rings is 1. The minimum atomic E-state index is -0.502. The molecule has 5 aromatic heterocycles. The summed E-state index contributed by atoms with van der Waals surface area (Å²) in [6, 6.07) is 7.92. The largest absolute Gasteiger partial charge is 0.367 e. The van der Waals surface area contributed by atoms with Crippen LogP contribution < -0.4 is 10.2 Å². The van der Waals surface area contributed by atoms with Crippen molar-refractivity contribution in [3.8, 4) is 22.6 Å². The molecule has 0 unspecified atom stereocenters. The first-order valence-corrected chi connectivity index (χ1v) is 12.8. The van der Waals surface area contributed by atoms with Gasteiger partial charge in [0.1, 0.15) is 11.2 Å². The second-order valence-corrected chi connectivity index (χ2v) is 10.9. The number of likely N-dealkylation sites (N-methyl/N-ethyl adjacent to an activating group) is 1. The zero-order valence-corrected chi connectivity index (χ0v) is 22.0. The van der Waals surface area contributed by atoms with Gasteiger partial charge in [-0.2, -0.15) is 5.10 Å². The Morgan fingerprint density at radius 3 is 2.55 bits per heavy atom. The maximum atomic E-state index is 12.5. The Kier molecular flexibility index (Phi) is 5.83. The van der Waals surface area contributed by atoms with Crippen LogP contribution in [0, 0.1) is 5.41 Å². The molecule has 0 radical (unpaired) electrons. The first-order chi connectivity index (χ1) is 18.3. The molecule has 3 N–H and O–H groups in total. The number of rotatable bonds is 4. The van der Waals surface area contributed by atoms with Gasteiger partial charge in [-0.05, 0) is 31.3 Å². The molecule has 6 heterocycles. The molecule has 0 bridgehead atoms. The van der Waals surface area contributed by atoms with Crippen molar-refractivity contribution in [3.63, 3.8) is 0 Å². The Bertz CT molecular complexity index is 1640. The number of hydrogen-bond acceptors (Lipinski definition) is 7. The van der Waals surface area contributed by atoms with Crippen molar-refractivity contribution >= 4 is 39.2 Å². The lowest BCUT2D eigenvalue weighted by molar-refractivity contribution is -0.123. The number of fused-ring (bicyclic) bond motifs is 2. The Hall–Kier alpha value is -4.31. The van der Waals surface area contributed by atoms with Gasteiger partial charge in [-0.25, -0.2) is 4.98 Å². The Labute approximate surface area is 220 Å². The average Bonchev–Trinajstić information content (AvgIpc) is 3.52. The number of nitrogens with zero attached hydrogens (tertiary/aromatic N) is 6. The zero-order valence-electron chi connectivity index (χ0n) is 22.0. The second kappa shape index (κ2) is 9.21. The highest BCUT2D eigenvalue weighted by Gasteiger charge is 2.22. The van der Waals surface area contributed by atoms with Crippen molar-refractivity contribution in [2.24, 2.45) is 5.41 Å². The molecule has 1 amide bonds. The quantitative estimate of drug-likeness (QED) is 0.330. The molecular weight excluding hydrogens is 478 g/mol. The highest BCUT2D eigenvalue weighted by molar-refractivity contribution is 5.99. The van der Waals surface area contributed by atoms with E-state index < -0.39 is 5.41 Å². The molecule has 0 atom stereocenters. The fourth-order valence-electron chi connectivity index (χ4n) is 4.68. The van der Waals surface area contributed by atoms with Gasteiger partial charge in [-0.3, -0.25) is 19.9 Å². The molecule has 10 nitrogen and oxygen atoms in total. The lowest BCUT2D eigenvalue weighted by atomic mass is 9.95. The van der Waals surface area contributed by atoms with Crippen LogP contribution >= 0.6 is 0 Å². The van der Waals surface area contributed by atoms with Crippen LogP contribution in [-0.4, -0.2) is 74.2 Å². The normalized spacial score (nSPS) is 14.9. The minimum absolute atomic E-state index is 0.0683. The molecule has 1 fully saturated rings. The summed E-state index contributed by atoms with van der Waals surface area (Å²) in [5, 5.41) is 11.8. The highest BCUT2D eigenvalue weighted by Crippen LogP contribution is 2.33. The number of aromatic amines is 2. The van der Waals surface area contributed by atoms with E-state index in [9.17, 15) is 4.79 Å². The number of anilines is 2. The van der Waals surface area contributed by atoms with Gasteiger partial charge in [-0.15, -0.1) is 0 Å². The number of hydrogen-bond donors (Lipinski definition) is 3. The third-order valence-electron chi connectivity index (χ3n) is 7.00.